The van der Waals surface area contributed by atoms with E-state index in [1.165, 1.54) is 17.5 Å². The third kappa shape index (κ3) is 4.14. The van der Waals surface area contributed by atoms with E-state index < -0.39 is 5.00 Å². The predicted molar refractivity (Wildman–Crippen MR) is 113 cm³/mol. The number of allylic oxidation sites excluding steroid dienone is 4. The highest BCUT2D eigenvalue weighted by Gasteiger charge is 2.41. The van der Waals surface area contributed by atoms with Crippen molar-refractivity contribution in [3.63, 3.8) is 0 Å². The summed E-state index contributed by atoms with van der Waals surface area (Å²) in [5, 5.41) is -1.30. The van der Waals surface area contributed by atoms with Gasteiger partial charge in [-0.2, -0.15) is 0 Å². The lowest BCUT2D eigenvalue weighted by Crippen LogP contribution is -2.36. The Morgan fingerprint density at radius 2 is 2.23 bits per heavy atom. The molecule has 0 saturated carbocycles. The van der Waals surface area contributed by atoms with E-state index >= 15 is 4.39 Å². The van der Waals surface area contributed by atoms with Gasteiger partial charge in [0.2, 0.25) is 0 Å². The van der Waals surface area contributed by atoms with Crippen LogP contribution in [0, 0.1) is 5.92 Å². The molecule has 0 saturated heterocycles. The molecule has 2 atom stereocenters. The van der Waals surface area contributed by atoms with Crippen LogP contribution in [0.15, 0.2) is 45.4 Å². The second-order valence-electron chi connectivity index (χ2n) is 7.12. The van der Waals surface area contributed by atoms with Crippen molar-refractivity contribution < 1.29 is 9.13 Å². The number of methoxy groups -OCH3 is 1. The molecule has 0 aromatic heterocycles. The van der Waals surface area contributed by atoms with Gasteiger partial charge in [0.25, 0.3) is 0 Å². The highest BCUT2D eigenvalue weighted by Crippen LogP contribution is 2.52. The first-order valence-electron chi connectivity index (χ1n) is 9.35. The minimum atomic E-state index is -1.30. The van der Waals surface area contributed by atoms with Crippen molar-refractivity contribution in [1.82, 2.24) is 0 Å². The number of benzene rings is 1. The Labute approximate surface area is 169 Å². The van der Waals surface area contributed by atoms with E-state index in [0.29, 0.717) is 6.54 Å². The summed E-state index contributed by atoms with van der Waals surface area (Å²) < 4.78 is 22.1. The Kier molecular flexibility index (Phi) is 6.39. The number of alkyl halides is 1. The van der Waals surface area contributed by atoms with Gasteiger partial charge in [-0.15, -0.1) is 0 Å². The normalized spacial score (nSPS) is 25.5. The zero-order chi connectivity index (χ0) is 18.7. The summed E-state index contributed by atoms with van der Waals surface area (Å²) in [6, 6.07) is 4.05. The highest BCUT2D eigenvalue weighted by molar-refractivity contribution is 9.10. The molecule has 1 aliphatic carbocycles. The maximum Gasteiger partial charge on any atom is 0.162 e. The summed E-state index contributed by atoms with van der Waals surface area (Å²) in [4.78, 5) is 3.28. The second-order valence-corrected chi connectivity index (χ2v) is 9.41. The molecule has 0 fully saturated rings. The lowest BCUT2D eigenvalue weighted by Gasteiger charge is -2.33. The van der Waals surface area contributed by atoms with Crippen molar-refractivity contribution in [1.29, 1.82) is 0 Å². The van der Waals surface area contributed by atoms with Gasteiger partial charge in [0, 0.05) is 23.1 Å². The van der Waals surface area contributed by atoms with Crippen LogP contribution in [-0.2, 0) is 0 Å². The second kappa shape index (κ2) is 8.39. The third-order valence-electron chi connectivity index (χ3n) is 5.21. The molecule has 3 rings (SSSR count). The average Bonchev–Trinajstić information content (AvgIpc) is 2.73. The number of thioether (sulfide) groups is 1. The van der Waals surface area contributed by atoms with Crippen molar-refractivity contribution in [3.8, 4) is 5.75 Å². The lowest BCUT2D eigenvalue weighted by atomic mass is 9.95. The molecule has 1 heterocycles. The van der Waals surface area contributed by atoms with E-state index in [2.05, 4.69) is 52.0 Å². The summed E-state index contributed by atoms with van der Waals surface area (Å²) in [6.07, 6.45) is 11.6. The fourth-order valence-electron chi connectivity index (χ4n) is 3.64. The highest BCUT2D eigenvalue weighted by atomic mass is 79.9. The van der Waals surface area contributed by atoms with Gasteiger partial charge in [-0.3, -0.25) is 0 Å². The monoisotopic (exact) mass is 439 g/mol. The maximum absolute atomic E-state index is 15.7. The van der Waals surface area contributed by atoms with Crippen molar-refractivity contribution in [2.45, 2.75) is 55.8 Å². The Balaban J connectivity index is 2.07. The molecule has 0 spiro atoms. The SMILES string of the molecule is CCCCC1CN(C2=CC=CCC2)c2cc(Br)c(OC)cc2SC1(C)F. The van der Waals surface area contributed by atoms with E-state index in [-0.39, 0.29) is 5.92 Å². The topological polar surface area (TPSA) is 12.5 Å². The number of rotatable bonds is 5. The minimum Gasteiger partial charge on any atom is -0.496 e. The first-order valence-corrected chi connectivity index (χ1v) is 11.0. The fraction of sp³-hybridized carbons (Fsp3) is 0.524. The molecule has 26 heavy (non-hydrogen) atoms. The van der Waals surface area contributed by atoms with Crippen LogP contribution in [0.2, 0.25) is 0 Å². The number of unbranched alkanes of at least 4 members (excludes halogenated alkanes) is 1. The van der Waals surface area contributed by atoms with E-state index in [0.717, 1.165) is 52.9 Å². The quantitative estimate of drug-likeness (QED) is 0.485. The molecule has 2 nitrogen and oxygen atoms in total. The number of hydrogen-bond donors (Lipinski definition) is 0. The first kappa shape index (κ1) is 19.8. The molecule has 1 aromatic rings. The molecule has 1 aliphatic heterocycles. The summed E-state index contributed by atoms with van der Waals surface area (Å²) in [5.74, 6) is 0.730. The molecule has 2 aliphatic rings. The third-order valence-corrected chi connectivity index (χ3v) is 7.11. The van der Waals surface area contributed by atoms with Crippen LogP contribution in [-0.4, -0.2) is 18.7 Å². The Morgan fingerprint density at radius 1 is 1.42 bits per heavy atom. The van der Waals surface area contributed by atoms with Gasteiger partial charge < -0.3 is 9.64 Å². The molecule has 0 bridgehead atoms. The van der Waals surface area contributed by atoms with E-state index in [1.54, 1.807) is 14.0 Å². The molecule has 142 valence electrons. The van der Waals surface area contributed by atoms with Crippen LogP contribution in [0.5, 0.6) is 5.75 Å². The number of halogens is 2. The van der Waals surface area contributed by atoms with Crippen LogP contribution < -0.4 is 9.64 Å². The van der Waals surface area contributed by atoms with Gasteiger partial charge in [-0.1, -0.05) is 43.7 Å². The predicted octanol–water partition coefficient (Wildman–Crippen LogP) is 7.10. The molecule has 1 aromatic carbocycles. The summed E-state index contributed by atoms with van der Waals surface area (Å²) in [5.41, 5.74) is 2.35. The van der Waals surface area contributed by atoms with E-state index in [4.69, 9.17) is 4.74 Å². The summed E-state index contributed by atoms with van der Waals surface area (Å²) in [7, 11) is 1.65. The van der Waals surface area contributed by atoms with Crippen molar-refractivity contribution in [2.75, 3.05) is 18.6 Å². The van der Waals surface area contributed by atoms with Gasteiger partial charge in [0.05, 0.1) is 17.3 Å². The Morgan fingerprint density at radius 3 is 2.88 bits per heavy atom. The number of ether oxygens (including phenoxy) is 1. The van der Waals surface area contributed by atoms with Crippen LogP contribution in [0.3, 0.4) is 0 Å². The lowest BCUT2D eigenvalue weighted by molar-refractivity contribution is 0.201. The van der Waals surface area contributed by atoms with E-state index in [9.17, 15) is 0 Å². The molecule has 0 amide bonds. The van der Waals surface area contributed by atoms with E-state index in [1.807, 2.05) is 6.07 Å². The van der Waals surface area contributed by atoms with Crippen molar-refractivity contribution in [2.24, 2.45) is 5.92 Å². The molecule has 5 heteroatoms. The molecule has 0 N–H and O–H groups in total. The molecular formula is C21H27BrFNOS. The number of hydrogen-bond acceptors (Lipinski definition) is 3. The van der Waals surface area contributed by atoms with Gasteiger partial charge in [-0.25, -0.2) is 4.39 Å². The zero-order valence-corrected chi connectivity index (χ0v) is 18.1. The molecule has 0 radical (unpaired) electrons. The fourth-order valence-corrected chi connectivity index (χ4v) is 5.36. The van der Waals surface area contributed by atoms with Crippen molar-refractivity contribution in [3.05, 3.63) is 40.5 Å². The van der Waals surface area contributed by atoms with Crippen LogP contribution in [0.1, 0.15) is 46.0 Å². The van der Waals surface area contributed by atoms with Gasteiger partial charge >= 0.3 is 0 Å². The molecular weight excluding hydrogens is 413 g/mol. The average molecular weight is 440 g/mol. The van der Waals surface area contributed by atoms with Gasteiger partial charge in [0.1, 0.15) is 5.75 Å². The summed E-state index contributed by atoms with van der Waals surface area (Å²) in [6.45, 7) is 4.63. The Hall–Kier alpha value is -0.940. The number of anilines is 1. The largest absolute Gasteiger partial charge is 0.496 e. The van der Waals surface area contributed by atoms with Gasteiger partial charge in [0.15, 0.2) is 5.00 Å². The minimum absolute atomic E-state index is 0.0172. The first-order chi connectivity index (χ1) is 12.5. The standard InChI is InChI=1S/C21H27BrFNOS/c1-4-5-9-15-14-24(16-10-7-6-8-11-16)18-12-17(22)19(25-3)13-20(18)26-21(15,2)23/h6-7,10,12-13,15H,4-5,8-9,11,14H2,1-3H3. The number of fused-ring (bicyclic) bond motifs is 1. The van der Waals surface area contributed by atoms with Crippen LogP contribution >= 0.6 is 27.7 Å². The smallest absolute Gasteiger partial charge is 0.162 e. The van der Waals surface area contributed by atoms with Crippen LogP contribution in [0.25, 0.3) is 0 Å². The van der Waals surface area contributed by atoms with Crippen molar-refractivity contribution >= 4 is 33.4 Å². The number of nitrogens with zero attached hydrogens (tertiary/aromatic N) is 1. The van der Waals surface area contributed by atoms with Gasteiger partial charge in [-0.05, 0) is 60.3 Å². The van der Waals surface area contributed by atoms with Crippen LogP contribution in [0.4, 0.5) is 10.1 Å². The molecule has 2 unspecified atom stereocenters. The summed E-state index contributed by atoms with van der Waals surface area (Å²) >= 11 is 4.96. The Bertz CT molecular complexity index is 716. The zero-order valence-electron chi connectivity index (χ0n) is 15.7. The maximum atomic E-state index is 15.7.